The molecular formula is C15H19N3OS. The molecule has 2 aromatic rings. The van der Waals surface area contributed by atoms with E-state index in [9.17, 15) is 0 Å². The summed E-state index contributed by atoms with van der Waals surface area (Å²) in [5.74, 6) is 0.138. The van der Waals surface area contributed by atoms with Crippen LogP contribution < -0.4 is 11.1 Å². The van der Waals surface area contributed by atoms with Gasteiger partial charge < -0.3 is 16.3 Å². The van der Waals surface area contributed by atoms with Crippen LogP contribution in [-0.4, -0.2) is 11.0 Å². The highest BCUT2D eigenvalue weighted by atomic mass is 32.1. The summed E-state index contributed by atoms with van der Waals surface area (Å²) in [5.41, 5.74) is 9.96. The SMILES string of the molecule is Cc1cc(/C(N)=N/O)ccc1CNC(C)c1ccsc1. The van der Waals surface area contributed by atoms with Gasteiger partial charge in [-0.05, 0) is 53.4 Å². The molecule has 2 rings (SSSR count). The van der Waals surface area contributed by atoms with Gasteiger partial charge in [0.25, 0.3) is 0 Å². The summed E-state index contributed by atoms with van der Waals surface area (Å²) in [7, 11) is 0. The number of hydrogen-bond donors (Lipinski definition) is 3. The molecule has 0 fully saturated rings. The van der Waals surface area contributed by atoms with E-state index in [1.165, 1.54) is 11.1 Å². The number of hydrogen-bond acceptors (Lipinski definition) is 4. The Hall–Kier alpha value is -1.85. The Morgan fingerprint density at radius 2 is 2.25 bits per heavy atom. The van der Waals surface area contributed by atoms with Crippen molar-refractivity contribution >= 4 is 17.2 Å². The number of nitrogens with two attached hydrogens (primary N) is 1. The number of thiophene rings is 1. The second-order valence-corrected chi connectivity index (χ2v) is 5.57. The van der Waals surface area contributed by atoms with E-state index in [1.54, 1.807) is 11.3 Å². The van der Waals surface area contributed by atoms with Crippen LogP contribution in [0.25, 0.3) is 0 Å². The molecule has 0 amide bonds. The Labute approximate surface area is 122 Å². The molecule has 1 heterocycles. The highest BCUT2D eigenvalue weighted by Crippen LogP contribution is 2.17. The van der Waals surface area contributed by atoms with Crippen LogP contribution in [0.3, 0.4) is 0 Å². The van der Waals surface area contributed by atoms with Gasteiger partial charge in [0, 0.05) is 18.2 Å². The van der Waals surface area contributed by atoms with Gasteiger partial charge in [-0.25, -0.2) is 0 Å². The number of benzene rings is 1. The molecule has 0 bridgehead atoms. The smallest absolute Gasteiger partial charge is 0.170 e. The quantitative estimate of drug-likeness (QED) is 0.343. The summed E-state index contributed by atoms with van der Waals surface area (Å²) in [5, 5.41) is 19.4. The molecule has 0 aliphatic rings. The highest BCUT2D eigenvalue weighted by molar-refractivity contribution is 7.07. The van der Waals surface area contributed by atoms with Crippen LogP contribution >= 0.6 is 11.3 Å². The van der Waals surface area contributed by atoms with Gasteiger partial charge in [-0.15, -0.1) is 0 Å². The van der Waals surface area contributed by atoms with Crippen LogP contribution in [0.15, 0.2) is 40.2 Å². The fourth-order valence-electron chi connectivity index (χ4n) is 2.01. The number of nitrogens with zero attached hydrogens (tertiary/aromatic N) is 1. The predicted octanol–water partition coefficient (Wildman–Crippen LogP) is 3.00. The average molecular weight is 289 g/mol. The fourth-order valence-corrected chi connectivity index (χ4v) is 2.77. The van der Waals surface area contributed by atoms with Crippen molar-refractivity contribution in [3.8, 4) is 0 Å². The lowest BCUT2D eigenvalue weighted by molar-refractivity contribution is 0.318. The summed E-state index contributed by atoms with van der Waals surface area (Å²) >= 11 is 1.71. The van der Waals surface area contributed by atoms with E-state index in [1.807, 2.05) is 25.1 Å². The molecule has 0 spiro atoms. The number of nitrogens with one attached hydrogen (secondary N) is 1. The van der Waals surface area contributed by atoms with Crippen LogP contribution in [0.4, 0.5) is 0 Å². The van der Waals surface area contributed by atoms with Crippen molar-refractivity contribution < 1.29 is 5.21 Å². The van der Waals surface area contributed by atoms with Crippen LogP contribution in [0.2, 0.25) is 0 Å². The molecule has 4 nitrogen and oxygen atoms in total. The lowest BCUT2D eigenvalue weighted by Gasteiger charge is -2.14. The molecule has 106 valence electrons. The van der Waals surface area contributed by atoms with Gasteiger partial charge in [-0.2, -0.15) is 11.3 Å². The minimum absolute atomic E-state index is 0.138. The Kier molecular flexibility index (Phi) is 4.76. The van der Waals surface area contributed by atoms with E-state index in [2.05, 4.69) is 34.2 Å². The zero-order valence-corrected chi connectivity index (χ0v) is 12.4. The van der Waals surface area contributed by atoms with Crippen molar-refractivity contribution in [1.29, 1.82) is 0 Å². The second kappa shape index (κ2) is 6.54. The van der Waals surface area contributed by atoms with Crippen LogP contribution in [0.5, 0.6) is 0 Å². The molecule has 5 heteroatoms. The number of oxime groups is 1. The summed E-state index contributed by atoms with van der Waals surface area (Å²) in [6.07, 6.45) is 0. The molecule has 4 N–H and O–H groups in total. The Balaban J connectivity index is 2.03. The molecular weight excluding hydrogens is 270 g/mol. The monoisotopic (exact) mass is 289 g/mol. The Morgan fingerprint density at radius 1 is 1.45 bits per heavy atom. The van der Waals surface area contributed by atoms with Crippen molar-refractivity contribution in [2.45, 2.75) is 26.4 Å². The van der Waals surface area contributed by atoms with E-state index in [-0.39, 0.29) is 5.84 Å². The molecule has 0 radical (unpaired) electrons. The van der Waals surface area contributed by atoms with Crippen molar-refractivity contribution in [1.82, 2.24) is 5.32 Å². The van der Waals surface area contributed by atoms with Gasteiger partial charge in [0.1, 0.15) is 0 Å². The van der Waals surface area contributed by atoms with Gasteiger partial charge in [0.2, 0.25) is 0 Å². The van der Waals surface area contributed by atoms with E-state index in [4.69, 9.17) is 10.9 Å². The van der Waals surface area contributed by atoms with Gasteiger partial charge in [0.15, 0.2) is 5.84 Å². The lowest BCUT2D eigenvalue weighted by Crippen LogP contribution is -2.19. The zero-order valence-electron chi connectivity index (χ0n) is 11.6. The molecule has 20 heavy (non-hydrogen) atoms. The maximum absolute atomic E-state index is 8.68. The minimum atomic E-state index is 0.138. The zero-order chi connectivity index (χ0) is 14.5. The van der Waals surface area contributed by atoms with Crippen molar-refractivity contribution in [3.05, 3.63) is 57.3 Å². The van der Waals surface area contributed by atoms with Gasteiger partial charge >= 0.3 is 0 Å². The first-order valence-corrected chi connectivity index (χ1v) is 7.39. The standard InChI is InChI=1S/C15H19N3OS/c1-10-7-12(15(16)18-19)3-4-13(10)8-17-11(2)14-5-6-20-9-14/h3-7,9,11,17,19H,8H2,1-2H3,(H2,16,18). The second-order valence-electron chi connectivity index (χ2n) is 4.79. The van der Waals surface area contributed by atoms with Crippen LogP contribution in [0, 0.1) is 6.92 Å². The topological polar surface area (TPSA) is 70.6 Å². The van der Waals surface area contributed by atoms with Gasteiger partial charge in [-0.1, -0.05) is 17.3 Å². The summed E-state index contributed by atoms with van der Waals surface area (Å²) < 4.78 is 0. The molecule has 0 aliphatic heterocycles. The van der Waals surface area contributed by atoms with Gasteiger partial charge in [-0.3, -0.25) is 0 Å². The molecule has 0 aliphatic carbocycles. The summed E-state index contributed by atoms with van der Waals surface area (Å²) in [4.78, 5) is 0. The first kappa shape index (κ1) is 14.6. The largest absolute Gasteiger partial charge is 0.409 e. The molecule has 0 saturated carbocycles. The fraction of sp³-hybridized carbons (Fsp3) is 0.267. The third-order valence-electron chi connectivity index (χ3n) is 3.39. The van der Waals surface area contributed by atoms with Crippen LogP contribution in [-0.2, 0) is 6.54 Å². The van der Waals surface area contributed by atoms with Gasteiger partial charge in [0.05, 0.1) is 0 Å². The summed E-state index contributed by atoms with van der Waals surface area (Å²) in [6, 6.07) is 8.27. The molecule has 0 saturated heterocycles. The predicted molar refractivity (Wildman–Crippen MR) is 83.3 cm³/mol. The number of amidine groups is 1. The molecule has 1 aromatic carbocycles. The third-order valence-corrected chi connectivity index (χ3v) is 4.09. The lowest BCUT2D eigenvalue weighted by atomic mass is 10.0. The van der Waals surface area contributed by atoms with E-state index in [0.29, 0.717) is 6.04 Å². The molecule has 1 atom stereocenters. The third kappa shape index (κ3) is 3.37. The number of aryl methyl sites for hydroxylation is 1. The Morgan fingerprint density at radius 3 is 2.85 bits per heavy atom. The van der Waals surface area contributed by atoms with Crippen molar-refractivity contribution in [3.63, 3.8) is 0 Å². The molecule has 1 unspecified atom stereocenters. The highest BCUT2D eigenvalue weighted by Gasteiger charge is 2.07. The number of rotatable bonds is 5. The van der Waals surface area contributed by atoms with E-state index >= 15 is 0 Å². The van der Waals surface area contributed by atoms with Crippen molar-refractivity contribution in [2.24, 2.45) is 10.9 Å². The van der Waals surface area contributed by atoms with Crippen LogP contribution in [0.1, 0.15) is 35.2 Å². The Bertz CT molecular complexity index is 593. The first-order chi connectivity index (χ1) is 9.61. The molecule has 1 aromatic heterocycles. The summed E-state index contributed by atoms with van der Waals surface area (Å²) in [6.45, 7) is 4.97. The maximum atomic E-state index is 8.68. The maximum Gasteiger partial charge on any atom is 0.170 e. The van der Waals surface area contributed by atoms with Crippen molar-refractivity contribution in [2.75, 3.05) is 0 Å². The first-order valence-electron chi connectivity index (χ1n) is 6.44. The normalized spacial score (nSPS) is 13.4. The average Bonchev–Trinajstić information content (AvgIpc) is 2.99. The minimum Gasteiger partial charge on any atom is -0.409 e. The van der Waals surface area contributed by atoms with E-state index in [0.717, 1.165) is 17.7 Å². The van der Waals surface area contributed by atoms with E-state index < -0.39 is 0 Å².